The molecule has 2 aromatic rings. The molecular formula is C14H14ClN5O2S. The predicted molar refractivity (Wildman–Crippen MR) is 88.4 cm³/mol. The summed E-state index contributed by atoms with van der Waals surface area (Å²) in [6, 6.07) is 9.06. The van der Waals surface area contributed by atoms with Crippen molar-refractivity contribution >= 4 is 38.5 Å². The van der Waals surface area contributed by atoms with Crippen LogP contribution in [0.3, 0.4) is 0 Å². The zero-order valence-electron chi connectivity index (χ0n) is 12.1. The molecule has 1 aromatic heterocycles. The lowest BCUT2D eigenvalue weighted by molar-refractivity contribution is 0.384. The minimum atomic E-state index is -3.66. The molecule has 1 aromatic carbocycles. The normalized spacial score (nSPS) is 16.5. The molecule has 0 atom stereocenters. The maximum Gasteiger partial charge on any atom is 0.277 e. The van der Waals surface area contributed by atoms with Gasteiger partial charge in [0.15, 0.2) is 0 Å². The van der Waals surface area contributed by atoms with Crippen LogP contribution in [0.5, 0.6) is 0 Å². The molecule has 7 nitrogen and oxygen atoms in total. The molecule has 1 saturated heterocycles. The highest BCUT2D eigenvalue weighted by molar-refractivity contribution is 7.86. The van der Waals surface area contributed by atoms with Crippen molar-refractivity contribution in [3.8, 4) is 6.07 Å². The lowest BCUT2D eigenvalue weighted by atomic mass is 10.1. The molecule has 1 fully saturated rings. The van der Waals surface area contributed by atoms with Gasteiger partial charge in [0.1, 0.15) is 5.82 Å². The molecule has 0 saturated carbocycles. The van der Waals surface area contributed by atoms with Crippen LogP contribution in [0.15, 0.2) is 24.3 Å². The Balaban J connectivity index is 1.93. The number of nitrogens with zero attached hydrogens (tertiary/aromatic N) is 4. The predicted octanol–water partition coefficient (Wildman–Crippen LogP) is 1.09. The number of hydrogen-bond acceptors (Lipinski definition) is 5. The SMILES string of the molecule is N#Cc1cc(N2CCN(S(N)(=O)=O)CC2)nc2ccc(Cl)cc12. The Labute approximate surface area is 139 Å². The number of anilines is 1. The minimum absolute atomic E-state index is 0.293. The Morgan fingerprint density at radius 2 is 1.91 bits per heavy atom. The highest BCUT2D eigenvalue weighted by atomic mass is 35.5. The average molecular weight is 352 g/mol. The molecule has 2 heterocycles. The molecule has 9 heteroatoms. The number of fused-ring (bicyclic) bond motifs is 1. The Morgan fingerprint density at radius 3 is 2.52 bits per heavy atom. The van der Waals surface area contributed by atoms with E-state index in [4.69, 9.17) is 16.7 Å². The molecule has 0 amide bonds. The molecule has 120 valence electrons. The van der Waals surface area contributed by atoms with Gasteiger partial charge in [-0.25, -0.2) is 10.1 Å². The second-order valence-electron chi connectivity index (χ2n) is 5.23. The van der Waals surface area contributed by atoms with Gasteiger partial charge in [-0.2, -0.15) is 18.0 Å². The standard InChI is InChI=1S/C14H14ClN5O2S/c15-11-1-2-13-12(8-11)10(9-16)7-14(18-13)19-3-5-20(6-4-19)23(17,21)22/h1-2,7-8H,3-6H2,(H2,17,21,22). The fourth-order valence-corrected chi connectivity index (χ4v) is 3.45. The van der Waals surface area contributed by atoms with Gasteiger partial charge >= 0.3 is 0 Å². The van der Waals surface area contributed by atoms with Crippen molar-refractivity contribution in [3.05, 3.63) is 34.9 Å². The Morgan fingerprint density at radius 1 is 1.22 bits per heavy atom. The summed E-state index contributed by atoms with van der Waals surface area (Å²) in [5, 5.41) is 15.7. The van der Waals surface area contributed by atoms with Crippen molar-refractivity contribution in [1.29, 1.82) is 5.26 Å². The highest BCUT2D eigenvalue weighted by Crippen LogP contribution is 2.26. The van der Waals surface area contributed by atoms with Crippen molar-refractivity contribution in [2.24, 2.45) is 5.14 Å². The first-order valence-electron chi connectivity index (χ1n) is 6.92. The molecule has 0 bridgehead atoms. The van der Waals surface area contributed by atoms with Crippen molar-refractivity contribution < 1.29 is 8.42 Å². The molecule has 0 radical (unpaired) electrons. The average Bonchev–Trinajstić information content (AvgIpc) is 2.53. The number of halogens is 1. The lowest BCUT2D eigenvalue weighted by Crippen LogP contribution is -2.50. The van der Waals surface area contributed by atoms with E-state index in [1.807, 2.05) is 4.90 Å². The van der Waals surface area contributed by atoms with E-state index < -0.39 is 10.2 Å². The van der Waals surface area contributed by atoms with Crippen LogP contribution in [0.25, 0.3) is 10.9 Å². The van der Waals surface area contributed by atoms with Crippen molar-refractivity contribution in [3.63, 3.8) is 0 Å². The summed E-state index contributed by atoms with van der Waals surface area (Å²) in [7, 11) is -3.66. The minimum Gasteiger partial charge on any atom is -0.354 e. The maximum atomic E-state index is 11.4. The van der Waals surface area contributed by atoms with Crippen LogP contribution in [-0.4, -0.2) is 43.9 Å². The Hall–Kier alpha value is -1.92. The van der Waals surface area contributed by atoms with E-state index in [0.29, 0.717) is 53.5 Å². The first-order valence-corrected chi connectivity index (χ1v) is 8.80. The van der Waals surface area contributed by atoms with Crippen LogP contribution >= 0.6 is 11.6 Å². The van der Waals surface area contributed by atoms with Gasteiger partial charge in [-0.05, 0) is 24.3 Å². The molecule has 2 N–H and O–H groups in total. The zero-order valence-corrected chi connectivity index (χ0v) is 13.7. The van der Waals surface area contributed by atoms with Crippen LogP contribution in [0.1, 0.15) is 5.56 Å². The summed E-state index contributed by atoms with van der Waals surface area (Å²) in [5.74, 6) is 0.644. The van der Waals surface area contributed by atoms with Crippen molar-refractivity contribution in [1.82, 2.24) is 9.29 Å². The molecule has 0 spiro atoms. The molecule has 1 aliphatic rings. The molecule has 0 aliphatic carbocycles. The fraction of sp³-hybridized carbons (Fsp3) is 0.286. The topological polar surface area (TPSA) is 103 Å². The van der Waals surface area contributed by atoms with E-state index in [1.165, 1.54) is 4.31 Å². The smallest absolute Gasteiger partial charge is 0.277 e. The summed E-state index contributed by atoms with van der Waals surface area (Å²) in [5.41, 5.74) is 1.17. The van der Waals surface area contributed by atoms with Crippen LogP contribution in [0, 0.1) is 11.3 Å². The number of hydrogen-bond donors (Lipinski definition) is 1. The molecule has 0 unspecified atom stereocenters. The number of piperazine rings is 1. The third kappa shape index (κ3) is 3.23. The second kappa shape index (κ2) is 5.94. The van der Waals surface area contributed by atoms with Crippen LogP contribution in [0.4, 0.5) is 5.82 Å². The maximum absolute atomic E-state index is 11.4. The number of aromatic nitrogens is 1. The largest absolute Gasteiger partial charge is 0.354 e. The second-order valence-corrected chi connectivity index (χ2v) is 7.22. The fourth-order valence-electron chi connectivity index (χ4n) is 2.61. The van der Waals surface area contributed by atoms with Crippen LogP contribution < -0.4 is 10.0 Å². The molecule has 3 rings (SSSR count). The monoisotopic (exact) mass is 351 g/mol. The van der Waals surface area contributed by atoms with E-state index in [-0.39, 0.29) is 0 Å². The van der Waals surface area contributed by atoms with E-state index >= 15 is 0 Å². The number of rotatable bonds is 2. The Bertz CT molecular complexity index is 901. The summed E-state index contributed by atoms with van der Waals surface area (Å²) in [4.78, 5) is 6.49. The van der Waals surface area contributed by atoms with E-state index in [1.54, 1.807) is 24.3 Å². The van der Waals surface area contributed by atoms with E-state index in [9.17, 15) is 13.7 Å². The van der Waals surface area contributed by atoms with Gasteiger partial charge < -0.3 is 4.90 Å². The summed E-state index contributed by atoms with van der Waals surface area (Å²) >= 11 is 5.97. The van der Waals surface area contributed by atoms with Crippen molar-refractivity contribution in [2.75, 3.05) is 31.1 Å². The molecular weight excluding hydrogens is 338 g/mol. The highest BCUT2D eigenvalue weighted by Gasteiger charge is 2.25. The lowest BCUT2D eigenvalue weighted by Gasteiger charge is -2.33. The van der Waals surface area contributed by atoms with Crippen LogP contribution in [-0.2, 0) is 10.2 Å². The number of pyridine rings is 1. The summed E-state index contributed by atoms with van der Waals surface area (Å²) < 4.78 is 23.9. The number of nitrogens with two attached hydrogens (primary N) is 1. The van der Waals surface area contributed by atoms with Gasteiger partial charge in [-0.3, -0.25) is 0 Å². The van der Waals surface area contributed by atoms with Gasteiger partial charge in [-0.15, -0.1) is 0 Å². The molecule has 1 aliphatic heterocycles. The molecule has 23 heavy (non-hydrogen) atoms. The quantitative estimate of drug-likeness (QED) is 0.872. The van der Waals surface area contributed by atoms with Gasteiger partial charge in [0, 0.05) is 36.6 Å². The first-order chi connectivity index (χ1) is 10.9. The Kier molecular flexibility index (Phi) is 4.12. The van der Waals surface area contributed by atoms with E-state index in [0.717, 1.165) is 0 Å². The van der Waals surface area contributed by atoms with Crippen LogP contribution in [0.2, 0.25) is 5.02 Å². The summed E-state index contributed by atoms with van der Waals surface area (Å²) in [6.45, 7) is 1.52. The van der Waals surface area contributed by atoms with Gasteiger partial charge in [0.05, 0.1) is 17.1 Å². The number of nitriles is 1. The van der Waals surface area contributed by atoms with Gasteiger partial charge in [-0.1, -0.05) is 11.6 Å². The first kappa shape index (κ1) is 16.0. The van der Waals surface area contributed by atoms with E-state index in [2.05, 4.69) is 11.1 Å². The van der Waals surface area contributed by atoms with Crippen molar-refractivity contribution in [2.45, 2.75) is 0 Å². The number of benzene rings is 1. The third-order valence-corrected chi connectivity index (χ3v) is 5.12. The summed E-state index contributed by atoms with van der Waals surface area (Å²) in [6.07, 6.45) is 0. The third-order valence-electron chi connectivity index (χ3n) is 3.80. The van der Waals surface area contributed by atoms with Gasteiger partial charge in [0.25, 0.3) is 10.2 Å². The van der Waals surface area contributed by atoms with Gasteiger partial charge in [0.2, 0.25) is 0 Å². The zero-order chi connectivity index (χ0) is 16.6.